The van der Waals surface area contributed by atoms with Crippen molar-refractivity contribution in [2.45, 2.75) is 27.2 Å². The zero-order chi connectivity index (χ0) is 10.8. The van der Waals surface area contributed by atoms with Gasteiger partial charge in [-0.3, -0.25) is 0 Å². The lowest BCUT2D eigenvalue weighted by molar-refractivity contribution is 0.243. The van der Waals surface area contributed by atoms with E-state index in [4.69, 9.17) is 0 Å². The van der Waals surface area contributed by atoms with Crippen molar-refractivity contribution in [3.63, 3.8) is 0 Å². The van der Waals surface area contributed by atoms with Crippen LogP contribution in [0.5, 0.6) is 0 Å². The van der Waals surface area contributed by atoms with Crippen molar-refractivity contribution >= 4 is 6.03 Å². The SMILES string of the molecule is C/C=C(\C)NC(=O)NCCCNCC. The number of urea groups is 1. The van der Waals surface area contributed by atoms with E-state index in [-0.39, 0.29) is 6.03 Å². The Labute approximate surface area is 86.1 Å². The number of hydrogen-bond donors (Lipinski definition) is 3. The molecule has 0 aliphatic heterocycles. The van der Waals surface area contributed by atoms with E-state index in [1.807, 2.05) is 19.9 Å². The van der Waals surface area contributed by atoms with Gasteiger partial charge < -0.3 is 16.0 Å². The van der Waals surface area contributed by atoms with E-state index in [0.29, 0.717) is 6.54 Å². The molecule has 0 saturated heterocycles. The minimum atomic E-state index is -0.128. The second-order valence-corrected chi connectivity index (χ2v) is 3.06. The highest BCUT2D eigenvalue weighted by molar-refractivity contribution is 5.75. The van der Waals surface area contributed by atoms with E-state index in [0.717, 1.165) is 25.2 Å². The van der Waals surface area contributed by atoms with Gasteiger partial charge in [0.15, 0.2) is 0 Å². The number of amides is 2. The van der Waals surface area contributed by atoms with Gasteiger partial charge in [-0.1, -0.05) is 13.0 Å². The topological polar surface area (TPSA) is 53.2 Å². The minimum absolute atomic E-state index is 0.128. The van der Waals surface area contributed by atoms with Crippen LogP contribution in [0, 0.1) is 0 Å². The van der Waals surface area contributed by atoms with Gasteiger partial charge in [-0.15, -0.1) is 0 Å². The van der Waals surface area contributed by atoms with E-state index in [1.165, 1.54) is 0 Å². The van der Waals surface area contributed by atoms with Crippen molar-refractivity contribution in [2.24, 2.45) is 0 Å². The second kappa shape index (κ2) is 8.56. The average molecular weight is 199 g/mol. The second-order valence-electron chi connectivity index (χ2n) is 3.06. The van der Waals surface area contributed by atoms with Crippen LogP contribution in [-0.4, -0.2) is 25.7 Å². The van der Waals surface area contributed by atoms with Gasteiger partial charge in [0.05, 0.1) is 0 Å². The first-order chi connectivity index (χ1) is 6.70. The van der Waals surface area contributed by atoms with Crippen molar-refractivity contribution in [1.29, 1.82) is 0 Å². The third kappa shape index (κ3) is 7.61. The molecule has 3 N–H and O–H groups in total. The quantitative estimate of drug-likeness (QED) is 0.563. The van der Waals surface area contributed by atoms with Crippen LogP contribution in [0.4, 0.5) is 4.79 Å². The highest BCUT2D eigenvalue weighted by atomic mass is 16.2. The van der Waals surface area contributed by atoms with Gasteiger partial charge in [0.25, 0.3) is 0 Å². The fraction of sp³-hybridized carbons (Fsp3) is 0.700. The van der Waals surface area contributed by atoms with Crippen LogP contribution >= 0.6 is 0 Å². The first-order valence-electron chi connectivity index (χ1n) is 5.09. The molecule has 0 bridgehead atoms. The lowest BCUT2D eigenvalue weighted by Crippen LogP contribution is -2.35. The molecule has 0 spiro atoms. The fourth-order valence-electron chi connectivity index (χ4n) is 0.888. The molecule has 0 fully saturated rings. The lowest BCUT2D eigenvalue weighted by Gasteiger charge is -2.07. The minimum Gasteiger partial charge on any atom is -0.338 e. The van der Waals surface area contributed by atoms with Gasteiger partial charge in [0.2, 0.25) is 0 Å². The summed E-state index contributed by atoms with van der Waals surface area (Å²) in [6, 6.07) is -0.128. The summed E-state index contributed by atoms with van der Waals surface area (Å²) in [5.74, 6) is 0. The predicted octanol–water partition coefficient (Wildman–Crippen LogP) is 1.21. The number of allylic oxidation sites excluding steroid dienone is 2. The molecule has 0 unspecified atom stereocenters. The average Bonchev–Trinajstić information content (AvgIpc) is 2.17. The van der Waals surface area contributed by atoms with Gasteiger partial charge >= 0.3 is 6.03 Å². The maximum Gasteiger partial charge on any atom is 0.318 e. The Morgan fingerprint density at radius 1 is 1.36 bits per heavy atom. The van der Waals surface area contributed by atoms with E-state index < -0.39 is 0 Å². The van der Waals surface area contributed by atoms with Crippen LogP contribution in [0.3, 0.4) is 0 Å². The largest absolute Gasteiger partial charge is 0.338 e. The molecular formula is C10H21N3O. The normalized spacial score (nSPS) is 11.2. The molecule has 0 rings (SSSR count). The lowest BCUT2D eigenvalue weighted by atomic mass is 10.4. The number of rotatable bonds is 6. The summed E-state index contributed by atoms with van der Waals surface area (Å²) < 4.78 is 0. The van der Waals surface area contributed by atoms with E-state index >= 15 is 0 Å². The molecule has 0 aromatic heterocycles. The molecule has 0 aromatic carbocycles. The monoisotopic (exact) mass is 199 g/mol. The summed E-state index contributed by atoms with van der Waals surface area (Å²) in [6.45, 7) is 8.44. The number of hydrogen-bond acceptors (Lipinski definition) is 2. The summed E-state index contributed by atoms with van der Waals surface area (Å²) in [5, 5.41) is 8.68. The summed E-state index contributed by atoms with van der Waals surface area (Å²) in [5.41, 5.74) is 0.870. The molecule has 0 atom stereocenters. The maximum absolute atomic E-state index is 11.2. The Kier molecular flexibility index (Phi) is 7.93. The van der Waals surface area contributed by atoms with E-state index in [9.17, 15) is 4.79 Å². The van der Waals surface area contributed by atoms with Crippen LogP contribution in [0.15, 0.2) is 11.8 Å². The van der Waals surface area contributed by atoms with Gasteiger partial charge in [0, 0.05) is 12.2 Å². The number of nitrogens with one attached hydrogen (secondary N) is 3. The van der Waals surface area contributed by atoms with Crippen molar-refractivity contribution < 1.29 is 4.79 Å². The Hall–Kier alpha value is -1.03. The Morgan fingerprint density at radius 3 is 2.64 bits per heavy atom. The van der Waals surface area contributed by atoms with Crippen LogP contribution in [0.2, 0.25) is 0 Å². The molecule has 14 heavy (non-hydrogen) atoms. The van der Waals surface area contributed by atoms with Crippen LogP contribution in [0.25, 0.3) is 0 Å². The molecule has 0 aliphatic rings. The standard InChI is InChI=1S/C10H21N3O/c1-4-9(3)13-10(14)12-8-6-7-11-5-2/h4,11H,5-8H2,1-3H3,(H2,12,13,14)/b9-4+. The Bertz CT molecular complexity index is 190. The predicted molar refractivity (Wildman–Crippen MR) is 59.1 cm³/mol. The maximum atomic E-state index is 11.2. The van der Waals surface area contributed by atoms with Crippen LogP contribution < -0.4 is 16.0 Å². The molecule has 0 heterocycles. The van der Waals surface area contributed by atoms with Gasteiger partial charge in [-0.25, -0.2) is 4.79 Å². The van der Waals surface area contributed by atoms with E-state index in [1.54, 1.807) is 0 Å². The summed E-state index contributed by atoms with van der Waals surface area (Å²) in [6.07, 6.45) is 2.81. The van der Waals surface area contributed by atoms with Gasteiger partial charge in [-0.05, 0) is 33.4 Å². The molecule has 4 heteroatoms. The highest BCUT2D eigenvalue weighted by Gasteiger charge is 1.97. The molecule has 0 saturated carbocycles. The fourth-order valence-corrected chi connectivity index (χ4v) is 0.888. The summed E-state index contributed by atoms with van der Waals surface area (Å²) >= 11 is 0. The molecule has 2 amide bonds. The molecule has 0 aliphatic carbocycles. The molecule has 82 valence electrons. The van der Waals surface area contributed by atoms with Gasteiger partial charge in [-0.2, -0.15) is 0 Å². The molecule has 4 nitrogen and oxygen atoms in total. The first-order valence-corrected chi connectivity index (χ1v) is 5.09. The van der Waals surface area contributed by atoms with Gasteiger partial charge in [0.1, 0.15) is 0 Å². The van der Waals surface area contributed by atoms with Crippen LogP contribution in [-0.2, 0) is 0 Å². The van der Waals surface area contributed by atoms with E-state index in [2.05, 4.69) is 22.9 Å². The number of carbonyl (C=O) groups excluding carboxylic acids is 1. The van der Waals surface area contributed by atoms with Crippen molar-refractivity contribution in [2.75, 3.05) is 19.6 Å². The Balaban J connectivity index is 3.36. The zero-order valence-corrected chi connectivity index (χ0v) is 9.31. The molecular weight excluding hydrogens is 178 g/mol. The third-order valence-corrected chi connectivity index (χ3v) is 1.81. The third-order valence-electron chi connectivity index (χ3n) is 1.81. The number of carbonyl (C=O) groups is 1. The smallest absolute Gasteiger partial charge is 0.318 e. The summed E-state index contributed by atoms with van der Waals surface area (Å²) in [7, 11) is 0. The van der Waals surface area contributed by atoms with Crippen molar-refractivity contribution in [3.05, 3.63) is 11.8 Å². The highest BCUT2D eigenvalue weighted by Crippen LogP contribution is 1.83. The zero-order valence-electron chi connectivity index (χ0n) is 9.31. The molecule has 0 aromatic rings. The first kappa shape index (κ1) is 13.0. The van der Waals surface area contributed by atoms with Crippen molar-refractivity contribution in [1.82, 2.24) is 16.0 Å². The van der Waals surface area contributed by atoms with Crippen LogP contribution in [0.1, 0.15) is 27.2 Å². The van der Waals surface area contributed by atoms with Crippen molar-refractivity contribution in [3.8, 4) is 0 Å². The summed E-state index contributed by atoms with van der Waals surface area (Å²) in [4.78, 5) is 11.2. The Morgan fingerprint density at radius 2 is 2.07 bits per heavy atom. The molecule has 0 radical (unpaired) electrons.